The van der Waals surface area contributed by atoms with Crippen molar-refractivity contribution in [2.75, 3.05) is 13.2 Å². The molecule has 0 aromatic rings. The zero-order valence-corrected chi connectivity index (χ0v) is 44.1. The molecular weight excluding hydrogens is 877 g/mol. The fourth-order valence-electron chi connectivity index (χ4n) is 8.63. The molecule has 0 bridgehead atoms. The largest absolute Gasteiger partial charge is 0.479 e. The van der Waals surface area contributed by atoms with Gasteiger partial charge in [-0.3, -0.25) is 14.4 Å². The molecule has 1 fully saturated rings. The summed E-state index contributed by atoms with van der Waals surface area (Å²) in [6, 6.07) is 0. The van der Waals surface area contributed by atoms with Gasteiger partial charge in [0.2, 0.25) is 0 Å². The van der Waals surface area contributed by atoms with Crippen LogP contribution in [-0.4, -0.2) is 89.2 Å². The van der Waals surface area contributed by atoms with Crippen molar-refractivity contribution in [3.05, 3.63) is 24.3 Å². The van der Waals surface area contributed by atoms with E-state index in [1.54, 1.807) is 0 Å². The number of carbonyl (C=O) groups excluding carboxylic acids is 3. The van der Waals surface area contributed by atoms with E-state index in [1.807, 2.05) is 0 Å². The molecule has 12 heteroatoms. The standard InChI is InChI=1S/C57H102O12/c1-4-7-10-13-16-19-22-24-25-27-30-33-36-39-42-45-51(60)68-55-53(62)52(61)54(56(63)64)69-57(55)66-47-48(67-50(59)44-41-38-35-32-28-21-18-15-12-9-6-3)46-65-49(58)43-40-37-34-31-29-26-23-20-17-14-11-8-5-2/h16,19,24-25,48,52-55,57,61-62H,4-15,17-18,20-23,26-47H2,1-3H3,(H,63,64)/b19-16-,25-24-. The number of unbranched alkanes of at least 4 members (excludes halogenated alkanes) is 30. The van der Waals surface area contributed by atoms with Gasteiger partial charge in [-0.1, -0.05) is 218 Å². The molecule has 6 atom stereocenters. The van der Waals surface area contributed by atoms with Crippen molar-refractivity contribution in [3.63, 3.8) is 0 Å². The number of aliphatic hydroxyl groups excluding tert-OH is 2. The molecule has 0 radical (unpaired) electrons. The molecule has 0 aromatic carbocycles. The summed E-state index contributed by atoms with van der Waals surface area (Å²) in [4.78, 5) is 50.9. The molecule has 1 saturated heterocycles. The highest BCUT2D eigenvalue weighted by molar-refractivity contribution is 5.74. The summed E-state index contributed by atoms with van der Waals surface area (Å²) in [5.74, 6) is -3.11. The van der Waals surface area contributed by atoms with Crippen LogP contribution in [0.4, 0.5) is 0 Å². The van der Waals surface area contributed by atoms with Gasteiger partial charge < -0.3 is 39.0 Å². The lowest BCUT2D eigenvalue weighted by Crippen LogP contribution is -2.61. The second-order valence-corrected chi connectivity index (χ2v) is 19.6. The molecule has 402 valence electrons. The van der Waals surface area contributed by atoms with Crippen molar-refractivity contribution >= 4 is 23.9 Å². The number of carboxylic acids is 1. The Morgan fingerprint density at radius 2 is 0.870 bits per heavy atom. The van der Waals surface area contributed by atoms with Gasteiger partial charge in [0, 0.05) is 19.3 Å². The Kier molecular flexibility index (Phi) is 43.1. The quantitative estimate of drug-likeness (QED) is 0.0228. The van der Waals surface area contributed by atoms with E-state index >= 15 is 0 Å². The number of hydrogen-bond acceptors (Lipinski definition) is 11. The molecule has 1 aliphatic heterocycles. The van der Waals surface area contributed by atoms with Gasteiger partial charge >= 0.3 is 23.9 Å². The molecule has 0 aliphatic carbocycles. The fourth-order valence-corrected chi connectivity index (χ4v) is 8.63. The first-order valence-corrected chi connectivity index (χ1v) is 28.3. The molecule has 0 amide bonds. The number of carbonyl (C=O) groups is 4. The van der Waals surface area contributed by atoms with E-state index in [4.69, 9.17) is 23.7 Å². The predicted molar refractivity (Wildman–Crippen MR) is 276 cm³/mol. The Bertz CT molecular complexity index is 1300. The molecule has 6 unspecified atom stereocenters. The van der Waals surface area contributed by atoms with Crippen LogP contribution in [-0.2, 0) is 42.9 Å². The van der Waals surface area contributed by atoms with Crippen molar-refractivity contribution < 1.29 is 58.2 Å². The summed E-state index contributed by atoms with van der Waals surface area (Å²) in [6.45, 7) is 5.96. The van der Waals surface area contributed by atoms with E-state index in [2.05, 4.69) is 45.1 Å². The number of aliphatic hydroxyl groups is 2. The van der Waals surface area contributed by atoms with Gasteiger partial charge in [-0.25, -0.2) is 4.79 Å². The third kappa shape index (κ3) is 36.7. The van der Waals surface area contributed by atoms with Crippen LogP contribution in [0.1, 0.15) is 265 Å². The topological polar surface area (TPSA) is 175 Å². The van der Waals surface area contributed by atoms with E-state index in [9.17, 15) is 34.5 Å². The van der Waals surface area contributed by atoms with E-state index in [0.29, 0.717) is 19.3 Å². The molecule has 3 N–H and O–H groups in total. The third-order valence-corrected chi connectivity index (χ3v) is 13.0. The van der Waals surface area contributed by atoms with Crippen LogP contribution < -0.4 is 0 Å². The first kappa shape index (κ1) is 64.2. The normalized spacial score (nSPS) is 18.8. The molecule has 1 aliphatic rings. The Morgan fingerprint density at radius 1 is 0.478 bits per heavy atom. The number of ether oxygens (including phenoxy) is 5. The molecule has 69 heavy (non-hydrogen) atoms. The van der Waals surface area contributed by atoms with Crippen molar-refractivity contribution in [1.29, 1.82) is 0 Å². The maximum atomic E-state index is 13.1. The van der Waals surface area contributed by atoms with Gasteiger partial charge in [-0.05, 0) is 51.4 Å². The Balaban J connectivity index is 2.70. The van der Waals surface area contributed by atoms with Gasteiger partial charge in [-0.15, -0.1) is 0 Å². The maximum absolute atomic E-state index is 13.1. The lowest BCUT2D eigenvalue weighted by molar-refractivity contribution is -0.301. The van der Waals surface area contributed by atoms with Gasteiger partial charge in [-0.2, -0.15) is 0 Å². The van der Waals surface area contributed by atoms with E-state index < -0.39 is 67.3 Å². The highest BCUT2D eigenvalue weighted by Crippen LogP contribution is 2.26. The summed E-state index contributed by atoms with van der Waals surface area (Å²) in [5.41, 5.74) is 0. The number of hydrogen-bond donors (Lipinski definition) is 3. The summed E-state index contributed by atoms with van der Waals surface area (Å²) >= 11 is 0. The fraction of sp³-hybridized carbons (Fsp3) is 0.860. The number of rotatable bonds is 48. The van der Waals surface area contributed by atoms with Crippen LogP contribution in [0.3, 0.4) is 0 Å². The second-order valence-electron chi connectivity index (χ2n) is 19.6. The first-order chi connectivity index (χ1) is 33.6. The van der Waals surface area contributed by atoms with Crippen molar-refractivity contribution in [1.82, 2.24) is 0 Å². The number of aliphatic carboxylic acids is 1. The monoisotopic (exact) mass is 979 g/mol. The van der Waals surface area contributed by atoms with E-state index in [-0.39, 0.29) is 25.9 Å². The van der Waals surface area contributed by atoms with Crippen LogP contribution in [0, 0.1) is 0 Å². The van der Waals surface area contributed by atoms with Crippen LogP contribution in [0.15, 0.2) is 24.3 Å². The van der Waals surface area contributed by atoms with Crippen LogP contribution in [0.2, 0.25) is 0 Å². The highest BCUT2D eigenvalue weighted by Gasteiger charge is 2.50. The Hall–Kier alpha value is -2.80. The molecule has 0 aromatic heterocycles. The summed E-state index contributed by atoms with van der Waals surface area (Å²) in [7, 11) is 0. The highest BCUT2D eigenvalue weighted by atomic mass is 16.7. The number of allylic oxidation sites excluding steroid dienone is 4. The van der Waals surface area contributed by atoms with Crippen LogP contribution in [0.5, 0.6) is 0 Å². The molecule has 0 spiro atoms. The minimum absolute atomic E-state index is 0.0490. The minimum atomic E-state index is -1.90. The van der Waals surface area contributed by atoms with E-state index in [0.717, 1.165) is 83.5 Å². The predicted octanol–water partition coefficient (Wildman–Crippen LogP) is 13.9. The first-order valence-electron chi connectivity index (χ1n) is 28.3. The van der Waals surface area contributed by atoms with Crippen molar-refractivity contribution in [3.8, 4) is 0 Å². The van der Waals surface area contributed by atoms with Gasteiger partial charge in [0.25, 0.3) is 0 Å². The second kappa shape index (κ2) is 46.3. The maximum Gasteiger partial charge on any atom is 0.335 e. The van der Waals surface area contributed by atoms with Crippen LogP contribution >= 0.6 is 0 Å². The zero-order valence-electron chi connectivity index (χ0n) is 44.1. The molecule has 12 nitrogen and oxygen atoms in total. The molecule has 1 rings (SSSR count). The number of carboxylic acid groups (broad SMARTS) is 1. The van der Waals surface area contributed by atoms with Gasteiger partial charge in [0.15, 0.2) is 24.6 Å². The van der Waals surface area contributed by atoms with Gasteiger partial charge in [0.05, 0.1) is 6.61 Å². The van der Waals surface area contributed by atoms with Gasteiger partial charge in [0.1, 0.15) is 18.8 Å². The Labute approximate surface area is 419 Å². The SMILES string of the molecule is CCCCC/C=C\C/C=C\CCCCCCCC(=O)OC1C(OCC(COC(=O)CCCCCCCCCCCCCCC)OC(=O)CCCCCCCCCCCCC)OC(C(=O)O)C(O)C1O. The lowest BCUT2D eigenvalue weighted by atomic mass is 9.98. The Morgan fingerprint density at radius 3 is 1.33 bits per heavy atom. The third-order valence-electron chi connectivity index (χ3n) is 13.0. The number of esters is 3. The van der Waals surface area contributed by atoms with Crippen molar-refractivity contribution in [2.24, 2.45) is 0 Å². The average Bonchev–Trinajstić information content (AvgIpc) is 3.33. The van der Waals surface area contributed by atoms with Crippen molar-refractivity contribution in [2.45, 2.75) is 302 Å². The minimum Gasteiger partial charge on any atom is -0.479 e. The average molecular weight is 979 g/mol. The lowest BCUT2D eigenvalue weighted by Gasteiger charge is -2.40. The zero-order chi connectivity index (χ0) is 50.4. The van der Waals surface area contributed by atoms with Crippen LogP contribution in [0.25, 0.3) is 0 Å². The van der Waals surface area contributed by atoms with E-state index in [1.165, 1.54) is 122 Å². The molecule has 1 heterocycles. The summed E-state index contributed by atoms with van der Waals surface area (Å²) in [6.07, 6.45) is 38.7. The molecule has 0 saturated carbocycles. The molecular formula is C57H102O12. The smallest absolute Gasteiger partial charge is 0.335 e. The summed E-state index contributed by atoms with van der Waals surface area (Å²) in [5, 5.41) is 31.4. The summed E-state index contributed by atoms with van der Waals surface area (Å²) < 4.78 is 28.4.